The number of thiazole rings is 1. The molecule has 0 bridgehead atoms. The van der Waals surface area contributed by atoms with Crippen molar-refractivity contribution in [3.8, 4) is 11.4 Å². The summed E-state index contributed by atoms with van der Waals surface area (Å²) in [7, 11) is 1.39. The van der Waals surface area contributed by atoms with Gasteiger partial charge in [-0.25, -0.2) is 4.98 Å². The maximum atomic E-state index is 12.8. The zero-order valence-electron chi connectivity index (χ0n) is 15.2. The second kappa shape index (κ2) is 7.24. The SMILES string of the molecule is COc1cc(=O)n(-c2ccccc2)nc1C(=O)Nc1nc2ccc(C)cc2s1. The molecule has 1 amide bonds. The van der Waals surface area contributed by atoms with Crippen molar-refractivity contribution in [3.63, 3.8) is 0 Å². The number of ether oxygens (including phenoxy) is 1. The Labute approximate surface area is 164 Å². The normalized spacial score (nSPS) is 10.8. The molecule has 2 heterocycles. The minimum atomic E-state index is -0.502. The molecule has 140 valence electrons. The smallest absolute Gasteiger partial charge is 0.281 e. The molecule has 28 heavy (non-hydrogen) atoms. The number of aromatic nitrogens is 3. The van der Waals surface area contributed by atoms with Gasteiger partial charge in [-0.15, -0.1) is 0 Å². The van der Waals surface area contributed by atoms with Crippen molar-refractivity contribution in [1.29, 1.82) is 0 Å². The zero-order chi connectivity index (χ0) is 19.7. The van der Waals surface area contributed by atoms with Gasteiger partial charge in [0.2, 0.25) is 0 Å². The first-order valence-electron chi connectivity index (χ1n) is 8.47. The van der Waals surface area contributed by atoms with Crippen LogP contribution in [-0.2, 0) is 0 Å². The van der Waals surface area contributed by atoms with Gasteiger partial charge in [0.05, 0.1) is 29.1 Å². The Hall–Kier alpha value is -3.52. The van der Waals surface area contributed by atoms with Gasteiger partial charge >= 0.3 is 0 Å². The number of methoxy groups -OCH3 is 1. The number of fused-ring (bicyclic) bond motifs is 1. The summed E-state index contributed by atoms with van der Waals surface area (Å²) in [6.07, 6.45) is 0. The molecule has 0 spiro atoms. The lowest BCUT2D eigenvalue weighted by Gasteiger charge is -2.10. The number of amides is 1. The highest BCUT2D eigenvalue weighted by molar-refractivity contribution is 7.22. The number of carbonyl (C=O) groups excluding carboxylic acids is 1. The van der Waals surface area contributed by atoms with Crippen LogP contribution in [0.4, 0.5) is 5.13 Å². The fourth-order valence-corrected chi connectivity index (χ4v) is 3.71. The van der Waals surface area contributed by atoms with E-state index in [-0.39, 0.29) is 11.4 Å². The number of nitrogens with one attached hydrogen (secondary N) is 1. The third kappa shape index (κ3) is 3.37. The maximum absolute atomic E-state index is 12.8. The number of nitrogens with zero attached hydrogens (tertiary/aromatic N) is 3. The summed E-state index contributed by atoms with van der Waals surface area (Å²) >= 11 is 1.37. The van der Waals surface area contributed by atoms with Crippen LogP contribution in [-0.4, -0.2) is 27.8 Å². The summed E-state index contributed by atoms with van der Waals surface area (Å²) in [4.78, 5) is 29.6. The van der Waals surface area contributed by atoms with Gasteiger partial charge in [-0.2, -0.15) is 9.78 Å². The first-order valence-corrected chi connectivity index (χ1v) is 9.29. The van der Waals surface area contributed by atoms with Crippen LogP contribution in [0.5, 0.6) is 5.75 Å². The van der Waals surface area contributed by atoms with Gasteiger partial charge in [0.25, 0.3) is 11.5 Å². The standard InChI is InChI=1S/C20H16N4O3S/c1-12-8-9-14-16(10-12)28-20(21-14)22-19(26)18-15(27-2)11-17(25)24(23-18)13-6-4-3-5-7-13/h3-11H,1-2H3,(H,21,22,26). The molecule has 2 aromatic carbocycles. The third-order valence-corrected chi connectivity index (χ3v) is 5.03. The largest absolute Gasteiger partial charge is 0.494 e. The molecule has 8 heteroatoms. The zero-order valence-corrected chi connectivity index (χ0v) is 16.0. The molecule has 0 saturated carbocycles. The van der Waals surface area contributed by atoms with Crippen LogP contribution in [0, 0.1) is 6.92 Å². The van der Waals surface area contributed by atoms with Crippen LogP contribution >= 0.6 is 11.3 Å². The Balaban J connectivity index is 1.72. The van der Waals surface area contributed by atoms with Gasteiger partial charge in [-0.1, -0.05) is 35.6 Å². The van der Waals surface area contributed by atoms with Gasteiger partial charge in [0, 0.05) is 0 Å². The highest BCUT2D eigenvalue weighted by Crippen LogP contribution is 2.27. The van der Waals surface area contributed by atoms with Crippen LogP contribution in [0.2, 0.25) is 0 Å². The summed E-state index contributed by atoms with van der Waals surface area (Å²) < 4.78 is 7.34. The monoisotopic (exact) mass is 392 g/mol. The molecule has 0 radical (unpaired) electrons. The number of hydrogen-bond acceptors (Lipinski definition) is 6. The first-order chi connectivity index (χ1) is 13.5. The molecule has 0 aliphatic heterocycles. The predicted molar refractivity (Wildman–Crippen MR) is 109 cm³/mol. The van der Waals surface area contributed by atoms with Crippen LogP contribution in [0.1, 0.15) is 16.1 Å². The number of hydrogen-bond donors (Lipinski definition) is 1. The van der Waals surface area contributed by atoms with Crippen molar-refractivity contribution >= 4 is 32.6 Å². The minimum Gasteiger partial charge on any atom is -0.494 e. The van der Waals surface area contributed by atoms with Crippen molar-refractivity contribution in [1.82, 2.24) is 14.8 Å². The molecular formula is C20H16N4O3S. The second-order valence-corrected chi connectivity index (χ2v) is 7.12. The summed E-state index contributed by atoms with van der Waals surface area (Å²) in [6.45, 7) is 2.00. The molecule has 0 atom stereocenters. The second-order valence-electron chi connectivity index (χ2n) is 6.09. The molecule has 0 aliphatic rings. The third-order valence-electron chi connectivity index (χ3n) is 4.10. The molecule has 7 nitrogen and oxygen atoms in total. The van der Waals surface area contributed by atoms with Gasteiger partial charge in [-0.05, 0) is 36.8 Å². The van der Waals surface area contributed by atoms with Crippen molar-refractivity contribution < 1.29 is 9.53 Å². The lowest BCUT2D eigenvalue weighted by Crippen LogP contribution is -2.26. The van der Waals surface area contributed by atoms with Crippen LogP contribution < -0.4 is 15.6 Å². The van der Waals surface area contributed by atoms with Gasteiger partial charge in [0.15, 0.2) is 16.6 Å². The Bertz CT molecular complexity index is 1230. The van der Waals surface area contributed by atoms with Crippen LogP contribution in [0.3, 0.4) is 0 Å². The average Bonchev–Trinajstić information content (AvgIpc) is 3.09. The fraction of sp³-hybridized carbons (Fsp3) is 0.100. The van der Waals surface area contributed by atoms with Crippen LogP contribution in [0.25, 0.3) is 15.9 Å². The Kier molecular flexibility index (Phi) is 4.62. The van der Waals surface area contributed by atoms with E-state index in [9.17, 15) is 9.59 Å². The van der Waals surface area contributed by atoms with E-state index in [0.717, 1.165) is 15.8 Å². The quantitative estimate of drug-likeness (QED) is 0.575. The summed E-state index contributed by atoms with van der Waals surface area (Å²) in [6, 6.07) is 16.0. The Morgan fingerprint density at radius 1 is 1.14 bits per heavy atom. The lowest BCUT2D eigenvalue weighted by atomic mass is 10.2. The number of benzene rings is 2. The van der Waals surface area contributed by atoms with Crippen LogP contribution in [0.15, 0.2) is 59.4 Å². The topological polar surface area (TPSA) is 86.1 Å². The Morgan fingerprint density at radius 3 is 2.68 bits per heavy atom. The lowest BCUT2D eigenvalue weighted by molar-refractivity contribution is 0.101. The number of anilines is 1. The highest BCUT2D eigenvalue weighted by Gasteiger charge is 2.19. The Morgan fingerprint density at radius 2 is 1.93 bits per heavy atom. The van der Waals surface area contributed by atoms with E-state index >= 15 is 0 Å². The first kappa shape index (κ1) is 17.9. The molecule has 0 aliphatic carbocycles. The molecular weight excluding hydrogens is 376 g/mol. The maximum Gasteiger partial charge on any atom is 0.281 e. The molecule has 4 aromatic rings. The molecule has 4 rings (SSSR count). The van der Waals surface area contributed by atoms with Crippen molar-refractivity contribution in [2.24, 2.45) is 0 Å². The summed E-state index contributed by atoms with van der Waals surface area (Å²) in [5.41, 5.74) is 2.09. The van der Waals surface area contributed by atoms with E-state index < -0.39 is 11.5 Å². The van der Waals surface area contributed by atoms with E-state index in [1.807, 2.05) is 31.2 Å². The minimum absolute atomic E-state index is 0.00129. The van der Waals surface area contributed by atoms with E-state index in [1.165, 1.54) is 29.2 Å². The molecule has 1 N–H and O–H groups in total. The fourth-order valence-electron chi connectivity index (χ4n) is 2.75. The van der Waals surface area contributed by atoms with Crippen molar-refractivity contribution in [2.45, 2.75) is 6.92 Å². The van der Waals surface area contributed by atoms with E-state index in [1.54, 1.807) is 24.3 Å². The summed E-state index contributed by atoms with van der Waals surface area (Å²) in [5.74, 6) is -0.399. The molecule has 0 unspecified atom stereocenters. The van der Waals surface area contributed by atoms with Gasteiger partial charge < -0.3 is 4.74 Å². The number of carbonyl (C=O) groups is 1. The van der Waals surface area contributed by atoms with E-state index in [2.05, 4.69) is 15.4 Å². The average molecular weight is 392 g/mol. The van der Waals surface area contributed by atoms with Crippen molar-refractivity contribution in [3.05, 3.63) is 76.2 Å². The number of rotatable bonds is 4. The van der Waals surface area contributed by atoms with E-state index in [0.29, 0.717) is 10.8 Å². The summed E-state index contributed by atoms with van der Waals surface area (Å²) in [5, 5.41) is 7.42. The molecule has 2 aromatic heterocycles. The van der Waals surface area contributed by atoms with Crippen molar-refractivity contribution in [2.75, 3.05) is 12.4 Å². The molecule has 0 fully saturated rings. The van der Waals surface area contributed by atoms with Gasteiger partial charge in [-0.3, -0.25) is 14.9 Å². The molecule has 0 saturated heterocycles. The predicted octanol–water partition coefficient (Wildman–Crippen LogP) is 3.41. The highest BCUT2D eigenvalue weighted by atomic mass is 32.1. The number of para-hydroxylation sites is 1. The van der Waals surface area contributed by atoms with E-state index in [4.69, 9.17) is 4.74 Å². The van der Waals surface area contributed by atoms with Gasteiger partial charge in [0.1, 0.15) is 0 Å². The number of aryl methyl sites for hydroxylation is 1.